The molecule has 0 aliphatic heterocycles. The van der Waals surface area contributed by atoms with Crippen molar-refractivity contribution in [2.24, 2.45) is 0 Å². The van der Waals surface area contributed by atoms with E-state index in [1.165, 1.54) is 11.3 Å². The van der Waals surface area contributed by atoms with Gasteiger partial charge in [0.2, 0.25) is 0 Å². The van der Waals surface area contributed by atoms with Gasteiger partial charge in [0.25, 0.3) is 11.8 Å². The van der Waals surface area contributed by atoms with Crippen molar-refractivity contribution in [3.63, 3.8) is 0 Å². The van der Waals surface area contributed by atoms with Gasteiger partial charge < -0.3 is 15.4 Å². The molecule has 3 aromatic rings. The Morgan fingerprint density at radius 1 is 1.07 bits per heavy atom. The van der Waals surface area contributed by atoms with Crippen molar-refractivity contribution in [1.82, 2.24) is 5.32 Å². The molecule has 0 aliphatic carbocycles. The lowest BCUT2D eigenvalue weighted by Crippen LogP contribution is -2.29. The van der Waals surface area contributed by atoms with Crippen LogP contribution in [-0.4, -0.2) is 25.0 Å². The third-order valence-electron chi connectivity index (χ3n) is 3.87. The van der Waals surface area contributed by atoms with Crippen LogP contribution in [0.4, 0.5) is 5.69 Å². The topological polar surface area (TPSA) is 67.4 Å². The van der Waals surface area contributed by atoms with Crippen LogP contribution in [0.15, 0.2) is 42.5 Å². The van der Waals surface area contributed by atoms with Crippen LogP contribution < -0.4 is 15.4 Å². The van der Waals surface area contributed by atoms with Crippen molar-refractivity contribution < 1.29 is 14.3 Å². The predicted molar refractivity (Wildman–Crippen MR) is 110 cm³/mol. The Morgan fingerprint density at radius 2 is 1.78 bits per heavy atom. The molecule has 0 saturated carbocycles. The minimum atomic E-state index is -0.292. The lowest BCUT2D eigenvalue weighted by Gasteiger charge is -2.09. The van der Waals surface area contributed by atoms with Crippen LogP contribution in [0.5, 0.6) is 5.75 Å². The first-order valence-electron chi connectivity index (χ1n) is 8.37. The van der Waals surface area contributed by atoms with Crippen LogP contribution in [0.1, 0.15) is 33.9 Å². The monoisotopic (exact) mass is 402 g/mol. The van der Waals surface area contributed by atoms with E-state index >= 15 is 0 Å². The van der Waals surface area contributed by atoms with Gasteiger partial charge in [-0.1, -0.05) is 11.6 Å². The molecule has 1 aromatic heterocycles. The highest BCUT2D eigenvalue weighted by Gasteiger charge is 2.18. The summed E-state index contributed by atoms with van der Waals surface area (Å²) in [6.07, 6.45) is 0. The number of benzene rings is 2. The van der Waals surface area contributed by atoms with Gasteiger partial charge in [-0.25, -0.2) is 0 Å². The highest BCUT2D eigenvalue weighted by molar-refractivity contribution is 7.21. The fourth-order valence-electron chi connectivity index (χ4n) is 2.56. The molecule has 7 heteroatoms. The van der Waals surface area contributed by atoms with Crippen molar-refractivity contribution in [2.45, 2.75) is 19.9 Å². The number of rotatable bonds is 5. The van der Waals surface area contributed by atoms with Crippen molar-refractivity contribution in [1.29, 1.82) is 0 Å². The molecule has 0 aliphatic rings. The van der Waals surface area contributed by atoms with Gasteiger partial charge in [0.15, 0.2) is 0 Å². The largest absolute Gasteiger partial charge is 0.497 e. The van der Waals surface area contributed by atoms with E-state index in [9.17, 15) is 9.59 Å². The third kappa shape index (κ3) is 4.23. The van der Waals surface area contributed by atoms with Gasteiger partial charge in [0.1, 0.15) is 10.6 Å². The van der Waals surface area contributed by atoms with Crippen LogP contribution in [0.2, 0.25) is 5.02 Å². The van der Waals surface area contributed by atoms with Crippen molar-refractivity contribution in [2.75, 3.05) is 12.4 Å². The minimum Gasteiger partial charge on any atom is -0.497 e. The first-order chi connectivity index (χ1) is 12.9. The van der Waals surface area contributed by atoms with Gasteiger partial charge in [-0.15, -0.1) is 11.3 Å². The molecule has 5 nitrogen and oxygen atoms in total. The van der Waals surface area contributed by atoms with E-state index in [0.29, 0.717) is 26.9 Å². The van der Waals surface area contributed by atoms with Crippen LogP contribution in [-0.2, 0) is 0 Å². The SMILES string of the molecule is COc1ccc2c(Cl)c(C(=O)Nc3ccc(C(=O)NC(C)C)cc3)sc2c1. The van der Waals surface area contributed by atoms with E-state index < -0.39 is 0 Å². The fraction of sp³-hybridized carbons (Fsp3) is 0.200. The highest BCUT2D eigenvalue weighted by Crippen LogP contribution is 2.37. The number of ether oxygens (including phenoxy) is 1. The Balaban J connectivity index is 1.78. The number of carbonyl (C=O) groups excluding carboxylic acids is 2. The molecule has 0 saturated heterocycles. The Kier molecular flexibility index (Phi) is 5.68. The van der Waals surface area contributed by atoms with Crippen molar-refractivity contribution >= 4 is 50.5 Å². The zero-order valence-electron chi connectivity index (χ0n) is 15.1. The molecule has 0 atom stereocenters. The number of hydrogen-bond acceptors (Lipinski definition) is 4. The summed E-state index contributed by atoms with van der Waals surface area (Å²) in [4.78, 5) is 25.0. The number of halogens is 1. The Bertz CT molecular complexity index is 996. The van der Waals surface area contributed by atoms with Crippen molar-refractivity contribution in [3.8, 4) is 5.75 Å². The average Bonchev–Trinajstić information content (AvgIpc) is 2.98. The van der Waals surface area contributed by atoms with Crippen molar-refractivity contribution in [3.05, 3.63) is 57.9 Å². The Labute approximate surface area is 166 Å². The molecule has 0 fully saturated rings. The van der Waals surface area contributed by atoms with Gasteiger partial charge in [0, 0.05) is 27.4 Å². The predicted octanol–water partition coefficient (Wildman–Crippen LogP) is 4.95. The summed E-state index contributed by atoms with van der Waals surface area (Å²) in [7, 11) is 1.59. The summed E-state index contributed by atoms with van der Waals surface area (Å²) in [5, 5.41) is 6.88. The second-order valence-corrected chi connectivity index (χ2v) is 7.70. The average molecular weight is 403 g/mol. The van der Waals surface area contributed by atoms with Crippen LogP contribution in [0.3, 0.4) is 0 Å². The molecule has 2 amide bonds. The fourth-order valence-corrected chi connectivity index (χ4v) is 4.00. The van der Waals surface area contributed by atoms with Gasteiger partial charge in [0.05, 0.1) is 12.1 Å². The van der Waals surface area contributed by atoms with E-state index in [-0.39, 0.29) is 17.9 Å². The number of methoxy groups -OCH3 is 1. The van der Waals surface area contributed by atoms with E-state index in [1.54, 1.807) is 31.4 Å². The van der Waals surface area contributed by atoms with Crippen LogP contribution in [0, 0.1) is 0 Å². The molecular weight excluding hydrogens is 384 g/mol. The van der Waals surface area contributed by atoms with E-state index in [0.717, 1.165) is 10.1 Å². The second kappa shape index (κ2) is 7.98. The summed E-state index contributed by atoms with van der Waals surface area (Å²) in [5.41, 5.74) is 1.13. The summed E-state index contributed by atoms with van der Waals surface area (Å²) in [6.45, 7) is 3.80. The Hall–Kier alpha value is -2.57. The molecule has 140 valence electrons. The van der Waals surface area contributed by atoms with Gasteiger partial charge in [-0.2, -0.15) is 0 Å². The summed E-state index contributed by atoms with van der Waals surface area (Å²) in [5.74, 6) is 0.270. The number of amides is 2. The van der Waals surface area contributed by atoms with E-state index in [4.69, 9.17) is 16.3 Å². The number of nitrogens with one attached hydrogen (secondary N) is 2. The van der Waals surface area contributed by atoms with Gasteiger partial charge >= 0.3 is 0 Å². The molecule has 0 unspecified atom stereocenters. The summed E-state index contributed by atoms with van der Waals surface area (Å²) < 4.78 is 6.09. The maximum absolute atomic E-state index is 12.6. The van der Waals surface area contributed by atoms with E-state index in [1.807, 2.05) is 32.0 Å². The number of carbonyl (C=O) groups is 2. The molecule has 2 N–H and O–H groups in total. The zero-order chi connectivity index (χ0) is 19.6. The van der Waals surface area contributed by atoms with E-state index in [2.05, 4.69) is 10.6 Å². The molecule has 0 radical (unpaired) electrons. The molecule has 0 spiro atoms. The first kappa shape index (κ1) is 19.2. The number of thiophene rings is 1. The quantitative estimate of drug-likeness (QED) is 0.634. The summed E-state index contributed by atoms with van der Waals surface area (Å²) in [6, 6.07) is 12.3. The third-order valence-corrected chi connectivity index (χ3v) is 5.52. The second-order valence-electron chi connectivity index (χ2n) is 6.27. The number of fused-ring (bicyclic) bond motifs is 1. The lowest BCUT2D eigenvalue weighted by molar-refractivity contribution is 0.0942. The maximum atomic E-state index is 12.6. The van der Waals surface area contributed by atoms with Crippen LogP contribution in [0.25, 0.3) is 10.1 Å². The van der Waals surface area contributed by atoms with Crippen LogP contribution >= 0.6 is 22.9 Å². The molecule has 27 heavy (non-hydrogen) atoms. The lowest BCUT2D eigenvalue weighted by atomic mass is 10.2. The molecule has 1 heterocycles. The molecule has 3 rings (SSSR count). The molecular formula is C20H19ClN2O3S. The minimum absolute atomic E-state index is 0.0607. The number of hydrogen-bond donors (Lipinski definition) is 2. The zero-order valence-corrected chi connectivity index (χ0v) is 16.7. The maximum Gasteiger partial charge on any atom is 0.267 e. The van der Waals surface area contributed by atoms with Gasteiger partial charge in [-0.3, -0.25) is 9.59 Å². The highest BCUT2D eigenvalue weighted by atomic mass is 35.5. The Morgan fingerprint density at radius 3 is 2.41 bits per heavy atom. The smallest absolute Gasteiger partial charge is 0.267 e. The normalized spacial score (nSPS) is 10.9. The molecule has 2 aromatic carbocycles. The van der Waals surface area contributed by atoms with Gasteiger partial charge in [-0.05, 0) is 56.3 Å². The number of anilines is 1. The standard InChI is InChI=1S/C20H19ClN2O3S/c1-11(2)22-19(24)12-4-6-13(7-5-12)23-20(25)18-17(21)15-9-8-14(26-3)10-16(15)27-18/h4-11H,1-3H3,(H,22,24)(H,23,25). The summed E-state index contributed by atoms with van der Waals surface area (Å²) >= 11 is 7.69. The molecule has 0 bridgehead atoms. The first-order valence-corrected chi connectivity index (χ1v) is 9.57.